The van der Waals surface area contributed by atoms with E-state index in [0.29, 0.717) is 0 Å². The highest BCUT2D eigenvalue weighted by Gasteiger charge is 1.97. The highest BCUT2D eigenvalue weighted by molar-refractivity contribution is 5.50. The highest BCUT2D eigenvalue weighted by atomic mass is 16.3. The average molecular weight is 233 g/mol. The van der Waals surface area contributed by atoms with Crippen LogP contribution in [0.1, 0.15) is 37.3 Å². The fourth-order valence-corrected chi connectivity index (χ4v) is 1.77. The van der Waals surface area contributed by atoms with E-state index >= 15 is 0 Å². The average Bonchev–Trinajstić information content (AvgIpc) is 2.35. The van der Waals surface area contributed by atoms with Crippen LogP contribution in [-0.2, 0) is 6.42 Å². The lowest BCUT2D eigenvalue weighted by Gasteiger charge is -2.03. The summed E-state index contributed by atoms with van der Waals surface area (Å²) < 4.78 is 0. The quantitative estimate of drug-likeness (QED) is 0.760. The first-order valence-electron chi connectivity index (χ1n) is 6.41. The highest BCUT2D eigenvalue weighted by Crippen LogP contribution is 2.10. The van der Waals surface area contributed by atoms with Crippen molar-refractivity contribution in [3.8, 4) is 0 Å². The van der Waals surface area contributed by atoms with Crippen LogP contribution in [0.3, 0.4) is 0 Å². The molecule has 1 rings (SSSR count). The van der Waals surface area contributed by atoms with E-state index in [2.05, 4.69) is 31.2 Å². The maximum absolute atomic E-state index is 9.62. The Morgan fingerprint density at radius 1 is 1.41 bits per heavy atom. The molecule has 1 atom stereocenters. The van der Waals surface area contributed by atoms with Crippen molar-refractivity contribution in [3.63, 3.8) is 0 Å². The molecule has 1 unspecified atom stereocenters. The van der Waals surface area contributed by atoms with Crippen LogP contribution < -0.4 is 5.73 Å². The van der Waals surface area contributed by atoms with E-state index in [-0.39, 0.29) is 6.10 Å². The molecule has 0 saturated carbocycles. The van der Waals surface area contributed by atoms with E-state index in [0.717, 1.165) is 37.8 Å². The minimum atomic E-state index is -0.326. The summed E-state index contributed by atoms with van der Waals surface area (Å²) in [7, 11) is 0. The third kappa shape index (κ3) is 5.66. The van der Waals surface area contributed by atoms with Gasteiger partial charge in [-0.3, -0.25) is 0 Å². The summed E-state index contributed by atoms with van der Waals surface area (Å²) in [4.78, 5) is 0. The largest absolute Gasteiger partial charge is 0.389 e. The van der Waals surface area contributed by atoms with Gasteiger partial charge in [-0.25, -0.2) is 0 Å². The molecule has 0 aromatic heterocycles. The van der Waals surface area contributed by atoms with Crippen LogP contribution in [0.5, 0.6) is 0 Å². The van der Waals surface area contributed by atoms with Gasteiger partial charge >= 0.3 is 0 Å². The lowest BCUT2D eigenvalue weighted by Crippen LogP contribution is -2.01. The molecule has 0 amide bonds. The van der Waals surface area contributed by atoms with Crippen LogP contribution in [0.4, 0.5) is 0 Å². The number of aliphatic hydroxyl groups is 1. The van der Waals surface area contributed by atoms with E-state index in [1.807, 2.05) is 12.2 Å². The molecule has 0 bridgehead atoms. The number of benzene rings is 1. The van der Waals surface area contributed by atoms with Gasteiger partial charge in [0.2, 0.25) is 0 Å². The topological polar surface area (TPSA) is 46.2 Å². The second-order valence-electron chi connectivity index (χ2n) is 4.35. The Bertz CT molecular complexity index is 347. The third-order valence-corrected chi connectivity index (χ3v) is 2.72. The van der Waals surface area contributed by atoms with Crippen LogP contribution in [0.2, 0.25) is 0 Å². The van der Waals surface area contributed by atoms with Gasteiger partial charge in [0.1, 0.15) is 0 Å². The standard InChI is InChI=1S/C15H23NO/c1-2-5-15(17)10-9-14-7-3-6-13(12-14)8-4-11-16/h3,6-7,9-10,12,15,17H,2,4-5,8,11,16H2,1H3/b10-9+. The van der Waals surface area contributed by atoms with Gasteiger partial charge in [-0.2, -0.15) is 0 Å². The summed E-state index contributed by atoms with van der Waals surface area (Å²) in [5, 5.41) is 9.62. The molecule has 0 fully saturated rings. The van der Waals surface area contributed by atoms with Crippen LogP contribution in [-0.4, -0.2) is 17.8 Å². The summed E-state index contributed by atoms with van der Waals surface area (Å²) in [5.41, 5.74) is 7.95. The molecule has 0 radical (unpaired) electrons. The molecule has 0 saturated heterocycles. The molecule has 1 aromatic rings. The zero-order valence-electron chi connectivity index (χ0n) is 10.6. The van der Waals surface area contributed by atoms with Crippen molar-refractivity contribution in [3.05, 3.63) is 41.5 Å². The Hall–Kier alpha value is -1.12. The molecule has 1 aromatic carbocycles. The van der Waals surface area contributed by atoms with Gasteiger partial charge < -0.3 is 10.8 Å². The van der Waals surface area contributed by atoms with Gasteiger partial charge in [0.15, 0.2) is 0 Å². The molecule has 3 N–H and O–H groups in total. The number of aliphatic hydroxyl groups excluding tert-OH is 1. The van der Waals surface area contributed by atoms with Crippen LogP contribution in [0.15, 0.2) is 30.3 Å². The maximum Gasteiger partial charge on any atom is 0.0724 e. The molecule has 0 aliphatic rings. The summed E-state index contributed by atoms with van der Waals surface area (Å²) in [6.07, 6.45) is 7.40. The van der Waals surface area contributed by atoms with E-state index < -0.39 is 0 Å². The molecular formula is C15H23NO. The normalized spacial score (nSPS) is 13.1. The van der Waals surface area contributed by atoms with Gasteiger partial charge in [0.05, 0.1) is 6.10 Å². The molecule has 0 aliphatic carbocycles. The number of rotatable bonds is 7. The lowest BCUT2D eigenvalue weighted by atomic mass is 10.1. The van der Waals surface area contributed by atoms with Gasteiger partial charge in [-0.05, 0) is 36.9 Å². The molecule has 0 spiro atoms. The second kappa shape index (κ2) is 8.04. The van der Waals surface area contributed by atoms with Crippen LogP contribution in [0.25, 0.3) is 6.08 Å². The zero-order valence-corrected chi connectivity index (χ0v) is 10.6. The maximum atomic E-state index is 9.62. The Morgan fingerprint density at radius 2 is 2.24 bits per heavy atom. The minimum Gasteiger partial charge on any atom is -0.389 e. The van der Waals surface area contributed by atoms with Gasteiger partial charge in [-0.15, -0.1) is 0 Å². The predicted octanol–water partition coefficient (Wildman–Crippen LogP) is 2.75. The molecular weight excluding hydrogens is 210 g/mol. The van der Waals surface area contributed by atoms with E-state index in [9.17, 15) is 5.11 Å². The summed E-state index contributed by atoms with van der Waals surface area (Å²) in [5.74, 6) is 0. The van der Waals surface area contributed by atoms with Crippen molar-refractivity contribution in [2.24, 2.45) is 5.73 Å². The summed E-state index contributed by atoms with van der Waals surface area (Å²) in [6, 6.07) is 8.39. The van der Waals surface area contributed by atoms with Crippen LogP contribution >= 0.6 is 0 Å². The van der Waals surface area contributed by atoms with E-state index in [1.165, 1.54) is 5.56 Å². The first kappa shape index (κ1) is 13.9. The Morgan fingerprint density at radius 3 is 2.94 bits per heavy atom. The van der Waals surface area contributed by atoms with Crippen molar-refractivity contribution in [2.75, 3.05) is 6.54 Å². The number of aryl methyl sites for hydroxylation is 1. The van der Waals surface area contributed by atoms with Gasteiger partial charge in [0.25, 0.3) is 0 Å². The third-order valence-electron chi connectivity index (χ3n) is 2.72. The Balaban J connectivity index is 2.58. The SMILES string of the molecule is CCCC(O)/C=C/c1cccc(CCCN)c1. The smallest absolute Gasteiger partial charge is 0.0724 e. The molecule has 0 aliphatic heterocycles. The second-order valence-corrected chi connectivity index (χ2v) is 4.35. The lowest BCUT2D eigenvalue weighted by molar-refractivity contribution is 0.212. The fourth-order valence-electron chi connectivity index (χ4n) is 1.77. The van der Waals surface area contributed by atoms with Gasteiger partial charge in [0, 0.05) is 0 Å². The fraction of sp³-hybridized carbons (Fsp3) is 0.467. The zero-order chi connectivity index (χ0) is 12.5. The van der Waals surface area contributed by atoms with Crippen molar-refractivity contribution >= 4 is 6.08 Å². The van der Waals surface area contributed by atoms with Crippen molar-refractivity contribution in [1.82, 2.24) is 0 Å². The van der Waals surface area contributed by atoms with Crippen LogP contribution in [0, 0.1) is 0 Å². The van der Waals surface area contributed by atoms with Crippen molar-refractivity contribution in [2.45, 2.75) is 38.7 Å². The van der Waals surface area contributed by atoms with Crippen molar-refractivity contribution in [1.29, 1.82) is 0 Å². The molecule has 94 valence electrons. The first-order chi connectivity index (χ1) is 8.26. The number of nitrogens with two attached hydrogens (primary N) is 1. The monoisotopic (exact) mass is 233 g/mol. The molecule has 2 heteroatoms. The Labute approximate surface area is 104 Å². The summed E-state index contributed by atoms with van der Waals surface area (Å²) in [6.45, 7) is 2.81. The van der Waals surface area contributed by atoms with E-state index in [4.69, 9.17) is 5.73 Å². The first-order valence-corrected chi connectivity index (χ1v) is 6.41. The molecule has 0 heterocycles. The minimum absolute atomic E-state index is 0.326. The molecule has 17 heavy (non-hydrogen) atoms. The Kier molecular flexibility index (Phi) is 6.60. The predicted molar refractivity (Wildman–Crippen MR) is 73.8 cm³/mol. The number of hydrogen-bond acceptors (Lipinski definition) is 2. The molecule has 2 nitrogen and oxygen atoms in total. The number of hydrogen-bond donors (Lipinski definition) is 2. The van der Waals surface area contributed by atoms with E-state index in [1.54, 1.807) is 0 Å². The van der Waals surface area contributed by atoms with Gasteiger partial charge in [-0.1, -0.05) is 49.8 Å². The summed E-state index contributed by atoms with van der Waals surface area (Å²) >= 11 is 0. The van der Waals surface area contributed by atoms with Crippen molar-refractivity contribution < 1.29 is 5.11 Å².